The molecule has 0 radical (unpaired) electrons. The second-order valence-corrected chi connectivity index (χ2v) is 5.54. The minimum atomic E-state index is -0.230. The molecule has 16 heavy (non-hydrogen) atoms. The summed E-state index contributed by atoms with van der Waals surface area (Å²) in [4.78, 5) is 11.4. The van der Waals surface area contributed by atoms with E-state index in [1.54, 1.807) is 11.8 Å². The predicted molar refractivity (Wildman–Crippen MR) is 67.5 cm³/mol. The molecule has 1 atom stereocenters. The maximum absolute atomic E-state index is 10.6. The van der Waals surface area contributed by atoms with E-state index in [1.807, 2.05) is 45.0 Å². The van der Waals surface area contributed by atoms with Crippen LogP contribution in [0.2, 0.25) is 0 Å². The van der Waals surface area contributed by atoms with E-state index in [9.17, 15) is 10.1 Å². The molecule has 0 aliphatic carbocycles. The van der Waals surface area contributed by atoms with Gasteiger partial charge in [-0.1, -0.05) is 31.5 Å². The second-order valence-electron chi connectivity index (χ2n) is 4.23. The largest absolute Gasteiger partial charge is 0.265 e. The van der Waals surface area contributed by atoms with E-state index < -0.39 is 0 Å². The zero-order valence-electron chi connectivity index (χ0n) is 9.84. The first kappa shape index (κ1) is 13.0. The number of nitrogens with zero attached hydrogens (tertiary/aromatic N) is 1. The molecule has 1 unspecified atom stereocenters. The van der Waals surface area contributed by atoms with E-state index in [2.05, 4.69) is 0 Å². The van der Waals surface area contributed by atoms with Gasteiger partial charge in [0.1, 0.15) is 0 Å². The van der Waals surface area contributed by atoms with Crippen molar-refractivity contribution in [2.45, 2.75) is 30.9 Å². The van der Waals surface area contributed by atoms with Crippen LogP contribution in [0.4, 0.5) is 0 Å². The van der Waals surface area contributed by atoms with Crippen molar-refractivity contribution >= 4 is 11.8 Å². The zero-order valence-corrected chi connectivity index (χ0v) is 10.7. The number of benzene rings is 1. The van der Waals surface area contributed by atoms with Gasteiger partial charge in [0, 0.05) is 9.82 Å². The molecular weight excluding hydrogens is 222 g/mol. The number of thioether (sulfide) groups is 1. The Morgan fingerprint density at radius 3 is 2.31 bits per heavy atom. The van der Waals surface area contributed by atoms with Gasteiger partial charge in [0.2, 0.25) is 6.54 Å². The predicted octanol–water partition coefficient (Wildman–Crippen LogP) is 3.39. The summed E-state index contributed by atoms with van der Waals surface area (Å²) in [5.74, 6) is 0.303. The first-order chi connectivity index (χ1) is 7.49. The van der Waals surface area contributed by atoms with Crippen molar-refractivity contribution in [2.24, 2.45) is 5.92 Å². The van der Waals surface area contributed by atoms with Crippen LogP contribution in [0.5, 0.6) is 0 Å². The molecule has 0 aliphatic rings. The minimum Gasteiger partial charge on any atom is -0.265 e. The van der Waals surface area contributed by atoms with Crippen molar-refractivity contribution in [2.75, 3.05) is 6.54 Å². The first-order valence-electron chi connectivity index (χ1n) is 5.34. The molecule has 88 valence electrons. The molecule has 0 saturated carbocycles. The van der Waals surface area contributed by atoms with Crippen molar-refractivity contribution in [1.29, 1.82) is 0 Å². The van der Waals surface area contributed by atoms with Crippen LogP contribution in [-0.2, 0) is 0 Å². The van der Waals surface area contributed by atoms with Gasteiger partial charge in [0.25, 0.3) is 0 Å². The second kappa shape index (κ2) is 5.89. The molecule has 0 aliphatic heterocycles. The SMILES string of the molecule is Cc1ccc(SC(C[N+](=O)[O-])C(C)C)cc1. The topological polar surface area (TPSA) is 43.1 Å². The molecule has 3 nitrogen and oxygen atoms in total. The Kier molecular flexibility index (Phi) is 4.80. The van der Waals surface area contributed by atoms with Gasteiger partial charge in [-0.3, -0.25) is 10.1 Å². The molecule has 0 fully saturated rings. The molecule has 1 aromatic carbocycles. The minimum absolute atomic E-state index is 0.0240. The summed E-state index contributed by atoms with van der Waals surface area (Å²) < 4.78 is 0. The molecule has 4 heteroatoms. The van der Waals surface area contributed by atoms with E-state index in [0.717, 1.165) is 4.90 Å². The summed E-state index contributed by atoms with van der Waals surface area (Å²) in [5.41, 5.74) is 1.21. The van der Waals surface area contributed by atoms with Crippen LogP contribution in [0, 0.1) is 23.0 Å². The molecule has 0 N–H and O–H groups in total. The third-order valence-electron chi connectivity index (χ3n) is 2.38. The molecule has 1 rings (SSSR count). The van der Waals surface area contributed by atoms with Crippen molar-refractivity contribution in [3.05, 3.63) is 39.9 Å². The van der Waals surface area contributed by atoms with Crippen molar-refractivity contribution in [3.8, 4) is 0 Å². The number of hydrogen-bond acceptors (Lipinski definition) is 3. The Morgan fingerprint density at radius 2 is 1.88 bits per heavy atom. The summed E-state index contributed by atoms with van der Waals surface area (Å²) in [5, 5.41) is 10.6. The Labute approximate surface area is 100 Å². The van der Waals surface area contributed by atoms with Crippen LogP contribution in [-0.4, -0.2) is 16.7 Å². The quantitative estimate of drug-likeness (QED) is 0.449. The molecular formula is C12H17NO2S. The van der Waals surface area contributed by atoms with Crippen molar-refractivity contribution < 1.29 is 4.92 Å². The molecule has 0 bridgehead atoms. The summed E-state index contributed by atoms with van der Waals surface area (Å²) in [7, 11) is 0. The van der Waals surface area contributed by atoms with Gasteiger partial charge in [0.15, 0.2) is 0 Å². The van der Waals surface area contributed by atoms with Crippen LogP contribution in [0.15, 0.2) is 29.2 Å². The fourth-order valence-corrected chi connectivity index (χ4v) is 2.43. The summed E-state index contributed by atoms with van der Waals surface area (Å²) >= 11 is 1.59. The van der Waals surface area contributed by atoms with Gasteiger partial charge >= 0.3 is 0 Å². The maximum atomic E-state index is 10.6. The lowest BCUT2D eigenvalue weighted by atomic mass is 10.1. The number of hydrogen-bond donors (Lipinski definition) is 0. The molecule has 0 heterocycles. The highest BCUT2D eigenvalue weighted by molar-refractivity contribution is 8.00. The maximum Gasteiger partial charge on any atom is 0.216 e. The smallest absolute Gasteiger partial charge is 0.216 e. The van der Waals surface area contributed by atoms with Gasteiger partial charge < -0.3 is 0 Å². The Hall–Kier alpha value is -1.03. The number of nitro groups is 1. The van der Waals surface area contributed by atoms with E-state index >= 15 is 0 Å². The van der Waals surface area contributed by atoms with Gasteiger partial charge in [-0.15, -0.1) is 11.8 Å². The van der Waals surface area contributed by atoms with Crippen LogP contribution < -0.4 is 0 Å². The molecule has 0 saturated heterocycles. The van der Waals surface area contributed by atoms with Crippen LogP contribution in [0.3, 0.4) is 0 Å². The van der Waals surface area contributed by atoms with Crippen molar-refractivity contribution in [1.82, 2.24) is 0 Å². The van der Waals surface area contributed by atoms with Gasteiger partial charge in [-0.05, 0) is 25.0 Å². The highest BCUT2D eigenvalue weighted by atomic mass is 32.2. The van der Waals surface area contributed by atoms with Gasteiger partial charge in [-0.25, -0.2) is 0 Å². The van der Waals surface area contributed by atoms with Crippen LogP contribution >= 0.6 is 11.8 Å². The number of rotatable bonds is 5. The molecule has 0 spiro atoms. The highest BCUT2D eigenvalue weighted by Gasteiger charge is 2.20. The molecule has 1 aromatic rings. The fraction of sp³-hybridized carbons (Fsp3) is 0.500. The normalized spacial score (nSPS) is 12.8. The monoisotopic (exact) mass is 239 g/mol. The van der Waals surface area contributed by atoms with E-state index in [0.29, 0.717) is 5.92 Å². The van der Waals surface area contributed by atoms with Crippen LogP contribution in [0.25, 0.3) is 0 Å². The third kappa shape index (κ3) is 4.23. The molecule has 0 aromatic heterocycles. The average molecular weight is 239 g/mol. The Morgan fingerprint density at radius 1 is 1.31 bits per heavy atom. The Bertz CT molecular complexity index is 349. The third-order valence-corrected chi connectivity index (χ3v) is 3.92. The lowest BCUT2D eigenvalue weighted by Gasteiger charge is -2.16. The highest BCUT2D eigenvalue weighted by Crippen LogP contribution is 2.28. The van der Waals surface area contributed by atoms with Crippen molar-refractivity contribution in [3.63, 3.8) is 0 Å². The lowest BCUT2D eigenvalue weighted by Crippen LogP contribution is -2.21. The summed E-state index contributed by atoms with van der Waals surface area (Å²) in [6.07, 6.45) is 0. The lowest BCUT2D eigenvalue weighted by molar-refractivity contribution is -0.480. The van der Waals surface area contributed by atoms with E-state index in [1.165, 1.54) is 5.56 Å². The average Bonchev–Trinajstić information content (AvgIpc) is 2.19. The van der Waals surface area contributed by atoms with E-state index in [4.69, 9.17) is 0 Å². The van der Waals surface area contributed by atoms with Crippen LogP contribution in [0.1, 0.15) is 19.4 Å². The zero-order chi connectivity index (χ0) is 12.1. The summed E-state index contributed by atoms with van der Waals surface area (Å²) in [6.45, 7) is 6.10. The number of aryl methyl sites for hydroxylation is 1. The van der Waals surface area contributed by atoms with Gasteiger partial charge in [0.05, 0.1) is 5.25 Å². The fourth-order valence-electron chi connectivity index (χ4n) is 1.32. The standard InChI is InChI=1S/C12H17NO2S/c1-9(2)12(8-13(14)15)16-11-6-4-10(3)5-7-11/h4-7,9,12H,8H2,1-3H3. The van der Waals surface area contributed by atoms with E-state index in [-0.39, 0.29) is 16.7 Å². The summed E-state index contributed by atoms with van der Waals surface area (Å²) in [6, 6.07) is 8.11. The Balaban J connectivity index is 2.67. The first-order valence-corrected chi connectivity index (χ1v) is 6.22. The van der Waals surface area contributed by atoms with Gasteiger partial charge in [-0.2, -0.15) is 0 Å². The molecule has 0 amide bonds.